The largest absolute Gasteiger partial charge is 0.463 e. The molecule has 1 aliphatic rings. The third-order valence-electron chi connectivity index (χ3n) is 5.10. The van der Waals surface area contributed by atoms with Gasteiger partial charge in [0, 0.05) is 17.2 Å². The number of thiazole rings is 1. The van der Waals surface area contributed by atoms with Crippen LogP contribution in [0.2, 0.25) is 5.02 Å². The van der Waals surface area contributed by atoms with Gasteiger partial charge in [-0.15, -0.1) is 0 Å². The number of carbonyl (C=O) groups is 1. The number of ether oxygens (including phenoxy) is 1. The van der Waals surface area contributed by atoms with E-state index in [1.165, 1.54) is 28.0 Å². The lowest BCUT2D eigenvalue weighted by atomic mass is 9.96. The average Bonchev–Trinajstić information content (AvgIpc) is 3.08. The van der Waals surface area contributed by atoms with Gasteiger partial charge >= 0.3 is 5.97 Å². The van der Waals surface area contributed by atoms with Crippen molar-refractivity contribution in [1.29, 1.82) is 0 Å². The van der Waals surface area contributed by atoms with E-state index in [9.17, 15) is 19.7 Å². The topological polar surface area (TPSA) is 104 Å². The standard InChI is InChI=1S/C23H18ClN3O5S/c1-3-32-22(29)19-13(2)25-23-26(20(19)15-6-8-16(24)9-7-15)21(28)18(33-23)12-14-4-10-17(11-5-14)27(30)31/h4-12,20H,3H2,1-2H3/b18-12+. The zero-order chi connectivity index (χ0) is 23.7. The highest BCUT2D eigenvalue weighted by atomic mass is 35.5. The summed E-state index contributed by atoms with van der Waals surface area (Å²) >= 11 is 7.23. The highest BCUT2D eigenvalue weighted by molar-refractivity contribution is 7.07. The fraction of sp³-hybridized carbons (Fsp3) is 0.174. The summed E-state index contributed by atoms with van der Waals surface area (Å²) in [5.74, 6) is -0.539. The summed E-state index contributed by atoms with van der Waals surface area (Å²) in [6.45, 7) is 3.61. The van der Waals surface area contributed by atoms with E-state index in [2.05, 4.69) is 4.99 Å². The number of non-ortho nitro benzene ring substituents is 1. The fourth-order valence-electron chi connectivity index (χ4n) is 3.60. The lowest BCUT2D eigenvalue weighted by molar-refractivity contribution is -0.384. The zero-order valence-corrected chi connectivity index (χ0v) is 19.2. The smallest absolute Gasteiger partial charge is 0.338 e. The number of nitro benzene ring substituents is 1. The summed E-state index contributed by atoms with van der Waals surface area (Å²) in [5.41, 5.74) is 1.72. The zero-order valence-electron chi connectivity index (χ0n) is 17.6. The second kappa shape index (κ2) is 9.13. The maximum Gasteiger partial charge on any atom is 0.338 e. The van der Waals surface area contributed by atoms with Crippen LogP contribution in [0.25, 0.3) is 6.08 Å². The molecule has 1 aliphatic heterocycles. The number of carbonyl (C=O) groups excluding carboxylic acids is 1. The third kappa shape index (κ3) is 4.37. The van der Waals surface area contributed by atoms with Crippen LogP contribution in [0.3, 0.4) is 0 Å². The molecule has 1 unspecified atom stereocenters. The van der Waals surface area contributed by atoms with Crippen molar-refractivity contribution < 1.29 is 14.5 Å². The minimum atomic E-state index is -0.725. The minimum absolute atomic E-state index is 0.0361. The van der Waals surface area contributed by atoms with Crippen molar-refractivity contribution in [1.82, 2.24) is 4.57 Å². The van der Waals surface area contributed by atoms with E-state index in [-0.39, 0.29) is 23.4 Å². The lowest BCUT2D eigenvalue weighted by Crippen LogP contribution is -2.39. The van der Waals surface area contributed by atoms with E-state index in [1.807, 2.05) is 0 Å². The molecule has 2 heterocycles. The first-order chi connectivity index (χ1) is 15.8. The molecule has 0 amide bonds. The quantitative estimate of drug-likeness (QED) is 0.314. The normalized spacial score (nSPS) is 15.7. The summed E-state index contributed by atoms with van der Waals surface area (Å²) in [5, 5.41) is 11.4. The van der Waals surface area contributed by atoms with Crippen LogP contribution in [0.15, 0.2) is 69.6 Å². The molecule has 0 bridgehead atoms. The Hall–Kier alpha value is -3.56. The second-order valence-electron chi connectivity index (χ2n) is 7.20. The highest BCUT2D eigenvalue weighted by Gasteiger charge is 2.33. The number of fused-ring (bicyclic) bond motifs is 1. The first-order valence-electron chi connectivity index (χ1n) is 9.99. The van der Waals surface area contributed by atoms with Crippen molar-refractivity contribution in [3.63, 3.8) is 0 Å². The summed E-state index contributed by atoms with van der Waals surface area (Å²) in [6, 6.07) is 12.1. The van der Waals surface area contributed by atoms with Crippen LogP contribution in [0.4, 0.5) is 5.69 Å². The number of rotatable bonds is 5. The molecule has 1 atom stereocenters. The van der Waals surface area contributed by atoms with Crippen LogP contribution >= 0.6 is 22.9 Å². The molecule has 33 heavy (non-hydrogen) atoms. The Labute approximate surface area is 196 Å². The molecule has 2 aromatic carbocycles. The highest BCUT2D eigenvalue weighted by Crippen LogP contribution is 2.31. The maximum atomic E-state index is 13.4. The SMILES string of the molecule is CCOC(=O)C1=C(C)N=c2s/c(=C/c3ccc([N+](=O)[O-])cc3)c(=O)n2C1c1ccc(Cl)cc1. The summed E-state index contributed by atoms with van der Waals surface area (Å²) in [7, 11) is 0. The number of allylic oxidation sites excluding steroid dienone is 1. The Bertz CT molecular complexity index is 1450. The molecule has 0 N–H and O–H groups in total. The number of aromatic nitrogens is 1. The molecule has 8 nitrogen and oxygen atoms in total. The van der Waals surface area contributed by atoms with Crippen molar-refractivity contribution in [2.45, 2.75) is 19.9 Å². The number of nitrogens with zero attached hydrogens (tertiary/aromatic N) is 3. The predicted molar refractivity (Wildman–Crippen MR) is 125 cm³/mol. The van der Waals surface area contributed by atoms with Gasteiger partial charge in [-0.2, -0.15) is 0 Å². The van der Waals surface area contributed by atoms with Gasteiger partial charge in [-0.25, -0.2) is 9.79 Å². The number of benzene rings is 2. The molecule has 3 aromatic rings. The van der Waals surface area contributed by atoms with E-state index in [0.717, 1.165) is 0 Å². The van der Waals surface area contributed by atoms with Gasteiger partial charge in [-0.3, -0.25) is 19.5 Å². The molecule has 0 aliphatic carbocycles. The number of nitro groups is 1. The van der Waals surface area contributed by atoms with Crippen molar-refractivity contribution >= 4 is 40.7 Å². The number of hydrogen-bond donors (Lipinski definition) is 0. The van der Waals surface area contributed by atoms with Crippen molar-refractivity contribution in [2.75, 3.05) is 6.61 Å². The van der Waals surface area contributed by atoms with Crippen LogP contribution in [-0.4, -0.2) is 22.1 Å². The number of halogens is 1. The predicted octanol–water partition coefficient (Wildman–Crippen LogP) is 3.36. The first-order valence-corrected chi connectivity index (χ1v) is 11.2. The van der Waals surface area contributed by atoms with Gasteiger partial charge in [-0.1, -0.05) is 35.1 Å². The Balaban J connectivity index is 1.90. The van der Waals surface area contributed by atoms with E-state index in [0.29, 0.717) is 31.2 Å². The van der Waals surface area contributed by atoms with Gasteiger partial charge in [0.1, 0.15) is 0 Å². The van der Waals surface area contributed by atoms with E-state index in [4.69, 9.17) is 16.3 Å². The van der Waals surface area contributed by atoms with E-state index in [1.54, 1.807) is 56.3 Å². The molecule has 10 heteroatoms. The first kappa shape index (κ1) is 22.6. The van der Waals surface area contributed by atoms with Crippen molar-refractivity contribution in [2.24, 2.45) is 4.99 Å². The Morgan fingerprint density at radius 2 is 1.91 bits per heavy atom. The van der Waals surface area contributed by atoms with Crippen molar-refractivity contribution in [3.05, 3.63) is 106 Å². The number of esters is 1. The van der Waals surface area contributed by atoms with Crippen LogP contribution in [0.5, 0.6) is 0 Å². The molecule has 0 saturated carbocycles. The average molecular weight is 484 g/mol. The maximum absolute atomic E-state index is 13.4. The minimum Gasteiger partial charge on any atom is -0.463 e. The Morgan fingerprint density at radius 1 is 1.24 bits per heavy atom. The van der Waals surface area contributed by atoms with Gasteiger partial charge in [-0.05, 0) is 55.3 Å². The van der Waals surface area contributed by atoms with Gasteiger partial charge < -0.3 is 4.74 Å². The Morgan fingerprint density at radius 3 is 2.52 bits per heavy atom. The van der Waals surface area contributed by atoms with Gasteiger partial charge in [0.05, 0.1) is 33.4 Å². The number of hydrogen-bond acceptors (Lipinski definition) is 7. The van der Waals surface area contributed by atoms with Gasteiger partial charge in [0.2, 0.25) is 0 Å². The second-order valence-corrected chi connectivity index (χ2v) is 8.65. The fourth-order valence-corrected chi connectivity index (χ4v) is 4.77. The van der Waals surface area contributed by atoms with Crippen LogP contribution in [0, 0.1) is 10.1 Å². The molecule has 1 aromatic heterocycles. The Kier molecular flexibility index (Phi) is 6.26. The van der Waals surface area contributed by atoms with Gasteiger partial charge in [0.25, 0.3) is 11.2 Å². The molecule has 0 saturated heterocycles. The van der Waals surface area contributed by atoms with Crippen LogP contribution < -0.4 is 14.9 Å². The molecular weight excluding hydrogens is 466 g/mol. The summed E-state index contributed by atoms with van der Waals surface area (Å²) in [6.07, 6.45) is 1.65. The third-order valence-corrected chi connectivity index (χ3v) is 6.34. The van der Waals surface area contributed by atoms with Crippen molar-refractivity contribution in [3.8, 4) is 0 Å². The van der Waals surface area contributed by atoms with Gasteiger partial charge in [0.15, 0.2) is 4.80 Å². The molecule has 0 radical (unpaired) electrons. The summed E-state index contributed by atoms with van der Waals surface area (Å²) in [4.78, 5) is 41.6. The molecular formula is C23H18ClN3O5S. The molecule has 0 spiro atoms. The molecule has 168 valence electrons. The molecule has 0 fully saturated rings. The summed E-state index contributed by atoms with van der Waals surface area (Å²) < 4.78 is 7.12. The lowest BCUT2D eigenvalue weighted by Gasteiger charge is -2.24. The van der Waals surface area contributed by atoms with E-state index < -0.39 is 16.9 Å². The van der Waals surface area contributed by atoms with E-state index >= 15 is 0 Å². The van der Waals surface area contributed by atoms with Crippen LogP contribution in [-0.2, 0) is 9.53 Å². The van der Waals surface area contributed by atoms with Crippen LogP contribution in [0.1, 0.15) is 31.0 Å². The molecule has 4 rings (SSSR count). The monoisotopic (exact) mass is 483 g/mol.